The van der Waals surface area contributed by atoms with E-state index in [1.165, 1.54) is 18.5 Å². The first kappa shape index (κ1) is 11.5. The molecule has 0 aromatic carbocycles. The van der Waals surface area contributed by atoms with Crippen molar-refractivity contribution in [1.82, 2.24) is 14.8 Å². The summed E-state index contributed by atoms with van der Waals surface area (Å²) in [5.74, 6) is 0. The largest absolute Gasteiger partial charge is 0.379 e. The van der Waals surface area contributed by atoms with Crippen molar-refractivity contribution in [3.8, 4) is 0 Å². The third-order valence-corrected chi connectivity index (χ3v) is 3.57. The molecule has 0 bridgehead atoms. The second kappa shape index (κ2) is 4.88. The number of pyridine rings is 1. The summed E-state index contributed by atoms with van der Waals surface area (Å²) >= 11 is 0. The van der Waals surface area contributed by atoms with E-state index in [0.717, 1.165) is 0 Å². The van der Waals surface area contributed by atoms with Crippen LogP contribution in [0.5, 0.6) is 0 Å². The Bertz CT molecular complexity index is 429. The summed E-state index contributed by atoms with van der Waals surface area (Å²) in [5, 5.41) is 1.63. The van der Waals surface area contributed by atoms with Gasteiger partial charge in [-0.2, -0.15) is 0 Å². The van der Waals surface area contributed by atoms with Gasteiger partial charge >= 0.3 is 0 Å². The van der Waals surface area contributed by atoms with E-state index in [4.69, 9.17) is 4.74 Å². The molecule has 1 saturated heterocycles. The Kier molecular flexibility index (Phi) is 3.49. The summed E-state index contributed by atoms with van der Waals surface area (Å²) in [4.78, 5) is 6.45. The topological polar surface area (TPSA) is 71.5 Å². The number of nitrogens with one attached hydrogen (secondary N) is 1. The highest BCUT2D eigenvalue weighted by Crippen LogP contribution is 2.06. The molecule has 2 heterocycles. The predicted molar refractivity (Wildman–Crippen MR) is 57.0 cm³/mol. The molecule has 6 nitrogen and oxygen atoms in total. The van der Waals surface area contributed by atoms with Gasteiger partial charge in [0.1, 0.15) is 4.90 Å². The van der Waals surface area contributed by atoms with E-state index in [1.54, 1.807) is 11.1 Å². The molecule has 1 fully saturated rings. The highest BCUT2D eigenvalue weighted by atomic mass is 32.2. The van der Waals surface area contributed by atoms with Crippen LogP contribution in [0.15, 0.2) is 29.4 Å². The minimum atomic E-state index is -3.50. The molecule has 1 N–H and O–H groups in total. The van der Waals surface area contributed by atoms with Gasteiger partial charge in [-0.1, -0.05) is 0 Å². The van der Waals surface area contributed by atoms with Crippen molar-refractivity contribution in [1.29, 1.82) is 0 Å². The lowest BCUT2D eigenvalue weighted by Gasteiger charge is -2.26. The molecule has 1 aromatic heterocycles. The fourth-order valence-corrected chi connectivity index (χ4v) is 2.47. The van der Waals surface area contributed by atoms with Crippen LogP contribution in [-0.4, -0.2) is 44.7 Å². The second-order valence-electron chi connectivity index (χ2n) is 3.38. The van der Waals surface area contributed by atoms with E-state index in [9.17, 15) is 8.42 Å². The number of hydrogen-bond donors (Lipinski definition) is 1. The van der Waals surface area contributed by atoms with Gasteiger partial charge in [-0.15, -0.1) is 4.83 Å². The maximum Gasteiger partial charge on any atom is 0.254 e. The molecule has 2 rings (SSSR count). The van der Waals surface area contributed by atoms with E-state index in [2.05, 4.69) is 9.82 Å². The van der Waals surface area contributed by atoms with Crippen LogP contribution < -0.4 is 4.83 Å². The highest BCUT2D eigenvalue weighted by Gasteiger charge is 2.19. The number of nitrogens with zero attached hydrogens (tertiary/aromatic N) is 2. The number of morpholine rings is 1. The number of aromatic nitrogens is 1. The van der Waals surface area contributed by atoms with Crippen LogP contribution in [-0.2, 0) is 14.8 Å². The first-order valence-corrected chi connectivity index (χ1v) is 6.42. The van der Waals surface area contributed by atoms with Crippen LogP contribution >= 0.6 is 0 Å². The van der Waals surface area contributed by atoms with E-state index >= 15 is 0 Å². The maximum atomic E-state index is 11.9. The molecule has 1 aromatic rings. The van der Waals surface area contributed by atoms with Gasteiger partial charge in [-0.3, -0.25) is 4.98 Å². The molecule has 1 aliphatic heterocycles. The SMILES string of the molecule is O=S(=O)(NN1CCOCC1)c1cccnc1. The van der Waals surface area contributed by atoms with Gasteiger partial charge in [-0.05, 0) is 12.1 Å². The van der Waals surface area contributed by atoms with Gasteiger partial charge in [0.15, 0.2) is 0 Å². The molecule has 0 amide bonds. The van der Waals surface area contributed by atoms with Crippen LogP contribution in [0.2, 0.25) is 0 Å². The Hall–Kier alpha value is -1.02. The van der Waals surface area contributed by atoms with Gasteiger partial charge < -0.3 is 4.74 Å². The molecule has 0 spiro atoms. The summed E-state index contributed by atoms with van der Waals surface area (Å²) in [6, 6.07) is 3.10. The third-order valence-electron chi connectivity index (χ3n) is 2.21. The van der Waals surface area contributed by atoms with Crippen LogP contribution in [0.25, 0.3) is 0 Å². The van der Waals surface area contributed by atoms with Crippen molar-refractivity contribution >= 4 is 10.0 Å². The van der Waals surface area contributed by atoms with Gasteiger partial charge in [0.05, 0.1) is 13.2 Å². The molecular formula is C9H13N3O3S. The van der Waals surface area contributed by atoms with Crippen molar-refractivity contribution in [3.63, 3.8) is 0 Å². The Labute approximate surface area is 94.3 Å². The first-order valence-electron chi connectivity index (χ1n) is 4.94. The fourth-order valence-electron chi connectivity index (χ4n) is 1.38. The normalized spacial score (nSPS) is 18.5. The number of ether oxygens (including phenoxy) is 1. The van der Waals surface area contributed by atoms with Crippen LogP contribution in [0.4, 0.5) is 0 Å². The number of hydrogen-bond acceptors (Lipinski definition) is 5. The lowest BCUT2D eigenvalue weighted by atomic mass is 10.5. The zero-order valence-corrected chi connectivity index (χ0v) is 9.48. The van der Waals surface area contributed by atoms with Crippen molar-refractivity contribution in [2.24, 2.45) is 0 Å². The molecule has 0 unspecified atom stereocenters. The first-order chi connectivity index (χ1) is 7.68. The summed E-state index contributed by atoms with van der Waals surface area (Å²) in [7, 11) is -3.50. The zero-order chi connectivity index (χ0) is 11.4. The predicted octanol–water partition coefficient (Wildman–Crippen LogP) is -0.393. The standard InChI is InChI=1S/C9H13N3O3S/c13-16(14,9-2-1-3-10-8-9)11-12-4-6-15-7-5-12/h1-3,8,11H,4-7H2. The average Bonchev–Trinajstić information content (AvgIpc) is 2.31. The van der Waals surface area contributed by atoms with Crippen molar-refractivity contribution in [3.05, 3.63) is 24.5 Å². The third kappa shape index (κ3) is 2.76. The molecule has 0 aliphatic carbocycles. The Morgan fingerprint density at radius 1 is 1.38 bits per heavy atom. The summed E-state index contributed by atoms with van der Waals surface area (Å²) in [6.45, 7) is 2.18. The highest BCUT2D eigenvalue weighted by molar-refractivity contribution is 7.89. The Morgan fingerprint density at radius 2 is 2.12 bits per heavy atom. The molecule has 16 heavy (non-hydrogen) atoms. The van der Waals surface area contributed by atoms with Crippen LogP contribution in [0, 0.1) is 0 Å². The lowest BCUT2D eigenvalue weighted by molar-refractivity contribution is 0.0272. The molecule has 7 heteroatoms. The number of hydrazine groups is 1. The maximum absolute atomic E-state index is 11.9. The molecular weight excluding hydrogens is 230 g/mol. The quantitative estimate of drug-likeness (QED) is 0.782. The van der Waals surface area contributed by atoms with E-state index in [0.29, 0.717) is 26.3 Å². The lowest BCUT2D eigenvalue weighted by Crippen LogP contribution is -2.48. The summed E-state index contributed by atoms with van der Waals surface area (Å²) in [5.41, 5.74) is 0. The average molecular weight is 243 g/mol. The monoisotopic (exact) mass is 243 g/mol. The number of sulfonamides is 1. The van der Waals surface area contributed by atoms with E-state index in [-0.39, 0.29) is 4.90 Å². The van der Waals surface area contributed by atoms with Gasteiger partial charge in [-0.25, -0.2) is 13.4 Å². The molecule has 0 radical (unpaired) electrons. The van der Waals surface area contributed by atoms with Crippen LogP contribution in [0.1, 0.15) is 0 Å². The van der Waals surface area contributed by atoms with Crippen LogP contribution in [0.3, 0.4) is 0 Å². The smallest absolute Gasteiger partial charge is 0.254 e. The van der Waals surface area contributed by atoms with Crippen molar-refractivity contribution < 1.29 is 13.2 Å². The second-order valence-corrected chi connectivity index (χ2v) is 5.04. The summed E-state index contributed by atoms with van der Waals surface area (Å²) < 4.78 is 28.9. The molecule has 0 atom stereocenters. The van der Waals surface area contributed by atoms with Gasteiger partial charge in [0.25, 0.3) is 10.0 Å². The molecule has 88 valence electrons. The van der Waals surface area contributed by atoms with E-state index in [1.807, 2.05) is 0 Å². The van der Waals surface area contributed by atoms with Crippen molar-refractivity contribution in [2.45, 2.75) is 4.90 Å². The van der Waals surface area contributed by atoms with E-state index < -0.39 is 10.0 Å². The Balaban J connectivity index is 2.08. The molecule has 1 aliphatic rings. The van der Waals surface area contributed by atoms with Gasteiger partial charge in [0, 0.05) is 25.5 Å². The van der Waals surface area contributed by atoms with Gasteiger partial charge in [0.2, 0.25) is 0 Å². The minimum Gasteiger partial charge on any atom is -0.379 e. The minimum absolute atomic E-state index is 0.168. The zero-order valence-electron chi connectivity index (χ0n) is 8.67. The molecule has 0 saturated carbocycles. The summed E-state index contributed by atoms with van der Waals surface area (Å²) in [6.07, 6.45) is 2.86. The number of rotatable bonds is 3. The Morgan fingerprint density at radius 3 is 2.75 bits per heavy atom. The fraction of sp³-hybridized carbons (Fsp3) is 0.444. The van der Waals surface area contributed by atoms with Crippen molar-refractivity contribution in [2.75, 3.05) is 26.3 Å².